The van der Waals surface area contributed by atoms with Gasteiger partial charge >= 0.3 is 0 Å². The van der Waals surface area contributed by atoms with Gasteiger partial charge < -0.3 is 11.1 Å². The van der Waals surface area contributed by atoms with Gasteiger partial charge in [-0.05, 0) is 36.8 Å². The molecule has 2 rings (SSSR count). The maximum absolute atomic E-state index is 12.3. The Morgan fingerprint density at radius 1 is 1.53 bits per heavy atom. The zero-order chi connectivity index (χ0) is 13.8. The Morgan fingerprint density at radius 3 is 3.05 bits per heavy atom. The van der Waals surface area contributed by atoms with E-state index in [0.29, 0.717) is 21.5 Å². The van der Waals surface area contributed by atoms with E-state index in [1.54, 1.807) is 18.2 Å². The van der Waals surface area contributed by atoms with E-state index in [0.717, 1.165) is 12.2 Å². The molecular weight excluding hydrogens is 280 g/mol. The number of amides is 1. The van der Waals surface area contributed by atoms with Crippen LogP contribution in [0, 0.1) is 0 Å². The Kier molecular flexibility index (Phi) is 4.99. The van der Waals surface area contributed by atoms with E-state index < -0.39 is 0 Å². The maximum atomic E-state index is 12.3. The molecule has 1 aliphatic carbocycles. The van der Waals surface area contributed by atoms with Gasteiger partial charge in [0.25, 0.3) is 5.91 Å². The summed E-state index contributed by atoms with van der Waals surface area (Å²) in [6.45, 7) is 2.15. The highest BCUT2D eigenvalue weighted by atomic mass is 35.5. The predicted octanol–water partition coefficient (Wildman–Crippen LogP) is 3.33. The summed E-state index contributed by atoms with van der Waals surface area (Å²) in [5.41, 5.74) is 6.78. The lowest BCUT2D eigenvalue weighted by Gasteiger charge is -2.20. The largest absolute Gasteiger partial charge is 0.398 e. The molecule has 0 bridgehead atoms. The molecule has 1 aromatic carbocycles. The quantitative estimate of drug-likeness (QED) is 0.838. The van der Waals surface area contributed by atoms with Crippen molar-refractivity contribution in [1.82, 2.24) is 5.32 Å². The van der Waals surface area contributed by atoms with Gasteiger partial charge in [-0.2, -0.15) is 11.8 Å². The molecule has 0 saturated heterocycles. The summed E-state index contributed by atoms with van der Waals surface area (Å²) in [6.07, 6.45) is 3.39. The first-order valence-corrected chi connectivity index (χ1v) is 8.02. The first-order valence-electron chi connectivity index (χ1n) is 6.59. The molecule has 2 atom stereocenters. The third-order valence-corrected chi connectivity index (χ3v) is 4.97. The molecule has 3 nitrogen and oxygen atoms in total. The molecule has 1 aliphatic rings. The summed E-state index contributed by atoms with van der Waals surface area (Å²) in [6, 6.07) is 5.24. The van der Waals surface area contributed by atoms with Gasteiger partial charge in [-0.25, -0.2) is 0 Å². The zero-order valence-corrected chi connectivity index (χ0v) is 12.6. The van der Waals surface area contributed by atoms with Crippen LogP contribution in [0.4, 0.5) is 5.69 Å². The Morgan fingerprint density at radius 2 is 2.32 bits per heavy atom. The van der Waals surface area contributed by atoms with Gasteiger partial charge in [-0.3, -0.25) is 4.79 Å². The number of carbonyl (C=O) groups excluding carboxylic acids is 1. The number of nitrogens with two attached hydrogens (primary N) is 1. The number of rotatable bonds is 4. The normalized spacial score (nSPS) is 22.4. The number of anilines is 1. The lowest BCUT2D eigenvalue weighted by molar-refractivity contribution is 0.0939. The third kappa shape index (κ3) is 3.57. The van der Waals surface area contributed by atoms with E-state index in [9.17, 15) is 4.79 Å². The van der Waals surface area contributed by atoms with Gasteiger partial charge in [-0.15, -0.1) is 0 Å². The highest BCUT2D eigenvalue weighted by molar-refractivity contribution is 7.99. The van der Waals surface area contributed by atoms with Gasteiger partial charge in [0.05, 0.1) is 5.56 Å². The average Bonchev–Trinajstić information content (AvgIpc) is 2.80. The van der Waals surface area contributed by atoms with Crippen LogP contribution in [-0.2, 0) is 0 Å². The van der Waals surface area contributed by atoms with Crippen molar-refractivity contribution >= 4 is 35.0 Å². The molecule has 0 heterocycles. The van der Waals surface area contributed by atoms with Crippen LogP contribution in [0.1, 0.15) is 36.5 Å². The molecule has 0 spiro atoms. The molecule has 1 saturated carbocycles. The van der Waals surface area contributed by atoms with E-state index in [4.69, 9.17) is 17.3 Å². The second kappa shape index (κ2) is 6.53. The summed E-state index contributed by atoms with van der Waals surface area (Å²) in [5.74, 6) is 0.963. The summed E-state index contributed by atoms with van der Waals surface area (Å²) in [4.78, 5) is 12.3. The molecule has 1 amide bonds. The molecule has 3 N–H and O–H groups in total. The number of benzene rings is 1. The van der Waals surface area contributed by atoms with Crippen LogP contribution in [-0.4, -0.2) is 23.0 Å². The van der Waals surface area contributed by atoms with Crippen LogP contribution in [0.15, 0.2) is 18.2 Å². The number of hydrogen-bond acceptors (Lipinski definition) is 3. The minimum absolute atomic E-state index is 0.117. The highest BCUT2D eigenvalue weighted by Crippen LogP contribution is 2.30. The van der Waals surface area contributed by atoms with E-state index in [-0.39, 0.29) is 11.9 Å². The third-order valence-electron chi connectivity index (χ3n) is 3.41. The highest BCUT2D eigenvalue weighted by Gasteiger charge is 2.29. The second-order valence-corrected chi connectivity index (χ2v) is 6.69. The van der Waals surface area contributed by atoms with Crippen LogP contribution < -0.4 is 11.1 Å². The lowest BCUT2D eigenvalue weighted by Crippen LogP contribution is -2.39. The monoisotopic (exact) mass is 298 g/mol. The fraction of sp³-hybridized carbons (Fsp3) is 0.500. The van der Waals surface area contributed by atoms with Crippen LogP contribution in [0.2, 0.25) is 5.02 Å². The number of thioether (sulfide) groups is 1. The molecule has 104 valence electrons. The van der Waals surface area contributed by atoms with Gasteiger partial charge in [0.15, 0.2) is 0 Å². The minimum Gasteiger partial charge on any atom is -0.398 e. The first-order chi connectivity index (χ1) is 9.11. The fourth-order valence-electron chi connectivity index (χ4n) is 2.48. The number of nitrogen functional groups attached to an aromatic ring is 1. The SMILES string of the molecule is CCSC1CCCC1NC(=O)c1cc(Cl)ccc1N. The van der Waals surface area contributed by atoms with Crippen LogP contribution in [0.25, 0.3) is 0 Å². The van der Waals surface area contributed by atoms with E-state index in [1.165, 1.54) is 12.8 Å². The Bertz CT molecular complexity index is 467. The molecule has 0 aromatic heterocycles. The topological polar surface area (TPSA) is 55.1 Å². The summed E-state index contributed by atoms with van der Waals surface area (Å²) >= 11 is 7.84. The molecule has 1 aromatic rings. The molecule has 2 unspecified atom stereocenters. The molecule has 5 heteroatoms. The smallest absolute Gasteiger partial charge is 0.253 e. The Hall–Kier alpha value is -0.870. The zero-order valence-electron chi connectivity index (χ0n) is 11.0. The standard InChI is InChI=1S/C14H19ClN2OS/c1-2-19-13-5-3-4-12(13)17-14(18)10-8-9(15)6-7-11(10)16/h6-8,12-13H,2-5,16H2,1H3,(H,17,18). The summed E-state index contributed by atoms with van der Waals surface area (Å²) in [7, 11) is 0. The van der Waals surface area contributed by atoms with Gasteiger partial charge in [-0.1, -0.05) is 24.9 Å². The lowest BCUT2D eigenvalue weighted by atomic mass is 10.1. The van der Waals surface area contributed by atoms with Crippen molar-refractivity contribution < 1.29 is 4.79 Å². The number of carbonyl (C=O) groups is 1. The average molecular weight is 299 g/mol. The van der Waals surface area contributed by atoms with Gasteiger partial charge in [0.2, 0.25) is 0 Å². The molecule has 19 heavy (non-hydrogen) atoms. The van der Waals surface area contributed by atoms with Crippen LogP contribution in [0.5, 0.6) is 0 Å². The maximum Gasteiger partial charge on any atom is 0.253 e. The summed E-state index contributed by atoms with van der Waals surface area (Å²) < 4.78 is 0. The number of halogens is 1. The van der Waals surface area contributed by atoms with Gasteiger partial charge in [0, 0.05) is 22.0 Å². The van der Waals surface area contributed by atoms with Crippen molar-refractivity contribution in [2.75, 3.05) is 11.5 Å². The Labute approximate surface area is 123 Å². The van der Waals surface area contributed by atoms with E-state index in [1.807, 2.05) is 11.8 Å². The fourth-order valence-corrected chi connectivity index (χ4v) is 3.85. The van der Waals surface area contributed by atoms with Crippen molar-refractivity contribution in [3.8, 4) is 0 Å². The van der Waals surface area contributed by atoms with Crippen molar-refractivity contribution in [3.63, 3.8) is 0 Å². The molecule has 0 radical (unpaired) electrons. The van der Waals surface area contributed by atoms with Crippen molar-refractivity contribution in [3.05, 3.63) is 28.8 Å². The predicted molar refractivity (Wildman–Crippen MR) is 82.9 cm³/mol. The van der Waals surface area contributed by atoms with E-state index in [2.05, 4.69) is 12.2 Å². The minimum atomic E-state index is -0.117. The van der Waals surface area contributed by atoms with Gasteiger partial charge in [0.1, 0.15) is 0 Å². The van der Waals surface area contributed by atoms with Crippen molar-refractivity contribution in [1.29, 1.82) is 0 Å². The van der Waals surface area contributed by atoms with Crippen molar-refractivity contribution in [2.45, 2.75) is 37.5 Å². The molecule has 0 aliphatic heterocycles. The van der Waals surface area contributed by atoms with E-state index >= 15 is 0 Å². The second-order valence-electron chi connectivity index (χ2n) is 4.74. The van der Waals surface area contributed by atoms with Crippen molar-refractivity contribution in [2.24, 2.45) is 0 Å². The number of hydrogen-bond donors (Lipinski definition) is 2. The number of nitrogens with one attached hydrogen (secondary N) is 1. The Balaban J connectivity index is 2.06. The summed E-state index contributed by atoms with van der Waals surface area (Å²) in [5, 5.41) is 4.15. The molecular formula is C14H19ClN2OS. The van der Waals surface area contributed by atoms with Crippen LogP contribution in [0.3, 0.4) is 0 Å². The first kappa shape index (κ1) is 14.5. The van der Waals surface area contributed by atoms with Crippen LogP contribution >= 0.6 is 23.4 Å². The molecule has 1 fully saturated rings.